The highest BCUT2D eigenvalue weighted by Gasteiger charge is 2.17. The molecule has 4 amide bonds. The molecule has 0 bridgehead atoms. The van der Waals surface area contributed by atoms with Gasteiger partial charge in [0, 0.05) is 24.2 Å². The fourth-order valence-electron chi connectivity index (χ4n) is 3.10. The molecule has 0 atom stereocenters. The third-order valence-electron chi connectivity index (χ3n) is 4.65. The Labute approximate surface area is 164 Å². The predicted octanol–water partition coefficient (Wildman–Crippen LogP) is 1.25. The van der Waals surface area contributed by atoms with Crippen LogP contribution in [0, 0.1) is 6.92 Å². The number of anilines is 1. The van der Waals surface area contributed by atoms with Gasteiger partial charge in [0.25, 0.3) is 5.91 Å². The van der Waals surface area contributed by atoms with Gasteiger partial charge in [-0.15, -0.1) is 0 Å². The smallest absolute Gasteiger partial charge is 0.251 e. The van der Waals surface area contributed by atoms with Gasteiger partial charge < -0.3 is 21.3 Å². The second kappa shape index (κ2) is 10.4. The SMILES string of the molecule is CC(=O)NCC(=O)NCC(=O)Nc1ccc(C(=O)NC2CCCCC2)cc1C. The molecule has 2 rings (SSSR count). The van der Waals surface area contributed by atoms with Crippen molar-refractivity contribution in [1.82, 2.24) is 16.0 Å². The van der Waals surface area contributed by atoms with Crippen LogP contribution < -0.4 is 21.3 Å². The van der Waals surface area contributed by atoms with E-state index in [4.69, 9.17) is 0 Å². The number of carbonyl (C=O) groups is 4. The monoisotopic (exact) mass is 388 g/mol. The number of hydrogen-bond acceptors (Lipinski definition) is 4. The molecule has 8 nitrogen and oxygen atoms in total. The molecule has 1 aromatic carbocycles. The van der Waals surface area contributed by atoms with Gasteiger partial charge in [-0.05, 0) is 43.5 Å². The molecule has 8 heteroatoms. The zero-order valence-electron chi connectivity index (χ0n) is 16.4. The van der Waals surface area contributed by atoms with E-state index in [9.17, 15) is 19.2 Å². The summed E-state index contributed by atoms with van der Waals surface area (Å²) in [6.07, 6.45) is 5.57. The summed E-state index contributed by atoms with van der Waals surface area (Å²) < 4.78 is 0. The van der Waals surface area contributed by atoms with Crippen molar-refractivity contribution in [2.24, 2.45) is 0 Å². The quantitative estimate of drug-likeness (QED) is 0.562. The standard InChI is InChI=1S/C20H28N4O4/c1-13-10-15(20(28)23-16-6-4-3-5-7-16)8-9-17(13)24-19(27)12-22-18(26)11-21-14(2)25/h8-10,16H,3-7,11-12H2,1-2H3,(H,21,25)(H,22,26)(H,23,28)(H,24,27). The van der Waals surface area contributed by atoms with Crippen molar-refractivity contribution in [2.75, 3.05) is 18.4 Å². The number of amides is 4. The minimum absolute atomic E-state index is 0.0990. The molecule has 0 spiro atoms. The molecule has 28 heavy (non-hydrogen) atoms. The van der Waals surface area contributed by atoms with E-state index in [2.05, 4.69) is 21.3 Å². The maximum Gasteiger partial charge on any atom is 0.251 e. The molecule has 152 valence electrons. The average molecular weight is 388 g/mol. The maximum atomic E-state index is 12.4. The molecule has 1 aromatic rings. The van der Waals surface area contributed by atoms with Gasteiger partial charge in [0.05, 0.1) is 13.1 Å². The first kappa shape index (κ1) is 21.4. The summed E-state index contributed by atoms with van der Waals surface area (Å²) in [4.78, 5) is 46.7. The van der Waals surface area contributed by atoms with Gasteiger partial charge in [-0.3, -0.25) is 19.2 Å². The van der Waals surface area contributed by atoms with Gasteiger partial charge in [0.15, 0.2) is 0 Å². The van der Waals surface area contributed by atoms with E-state index in [1.54, 1.807) is 18.2 Å². The van der Waals surface area contributed by atoms with Crippen LogP contribution in [0.25, 0.3) is 0 Å². The van der Waals surface area contributed by atoms with Crippen molar-refractivity contribution in [3.05, 3.63) is 29.3 Å². The van der Waals surface area contributed by atoms with Crippen molar-refractivity contribution in [1.29, 1.82) is 0 Å². The highest BCUT2D eigenvalue weighted by atomic mass is 16.2. The van der Waals surface area contributed by atoms with E-state index in [-0.39, 0.29) is 30.9 Å². The second-order valence-corrected chi connectivity index (χ2v) is 7.07. The summed E-state index contributed by atoms with van der Waals surface area (Å²) in [5.74, 6) is -1.25. The Kier molecular flexibility index (Phi) is 7.98. The third kappa shape index (κ3) is 7.02. The predicted molar refractivity (Wildman–Crippen MR) is 106 cm³/mol. The molecular formula is C20H28N4O4. The van der Waals surface area contributed by atoms with E-state index >= 15 is 0 Å². The van der Waals surface area contributed by atoms with Crippen LogP contribution in [0.15, 0.2) is 18.2 Å². The Bertz CT molecular complexity index is 742. The van der Waals surface area contributed by atoms with Crippen LogP contribution in [0.2, 0.25) is 0 Å². The molecule has 0 aliphatic heterocycles. The lowest BCUT2D eigenvalue weighted by Gasteiger charge is -2.23. The topological polar surface area (TPSA) is 116 Å². The van der Waals surface area contributed by atoms with E-state index in [1.165, 1.54) is 13.3 Å². The van der Waals surface area contributed by atoms with E-state index in [0.29, 0.717) is 11.3 Å². The fraction of sp³-hybridized carbons (Fsp3) is 0.500. The average Bonchev–Trinajstić information content (AvgIpc) is 2.67. The summed E-state index contributed by atoms with van der Waals surface area (Å²) in [6, 6.07) is 5.34. The van der Waals surface area contributed by atoms with Crippen molar-refractivity contribution in [2.45, 2.75) is 52.0 Å². The first-order chi connectivity index (χ1) is 13.3. The first-order valence-electron chi connectivity index (χ1n) is 9.57. The van der Waals surface area contributed by atoms with E-state index in [1.807, 2.05) is 6.92 Å². The zero-order chi connectivity index (χ0) is 20.5. The largest absolute Gasteiger partial charge is 0.349 e. The van der Waals surface area contributed by atoms with Gasteiger partial charge in [-0.2, -0.15) is 0 Å². The van der Waals surface area contributed by atoms with Crippen LogP contribution >= 0.6 is 0 Å². The number of hydrogen-bond donors (Lipinski definition) is 4. The van der Waals surface area contributed by atoms with Crippen molar-refractivity contribution in [3.8, 4) is 0 Å². The van der Waals surface area contributed by atoms with Gasteiger partial charge in [-0.25, -0.2) is 0 Å². The number of carbonyl (C=O) groups excluding carboxylic acids is 4. The van der Waals surface area contributed by atoms with Crippen molar-refractivity contribution in [3.63, 3.8) is 0 Å². The van der Waals surface area contributed by atoms with E-state index < -0.39 is 11.8 Å². The van der Waals surface area contributed by atoms with Crippen LogP contribution in [-0.4, -0.2) is 42.8 Å². The Morgan fingerprint density at radius 1 is 0.964 bits per heavy atom. The first-order valence-corrected chi connectivity index (χ1v) is 9.57. The maximum absolute atomic E-state index is 12.4. The van der Waals surface area contributed by atoms with Crippen LogP contribution in [-0.2, 0) is 14.4 Å². The van der Waals surface area contributed by atoms with Gasteiger partial charge in [0.1, 0.15) is 0 Å². The molecule has 1 aliphatic rings. The van der Waals surface area contributed by atoms with Gasteiger partial charge in [0.2, 0.25) is 17.7 Å². The zero-order valence-corrected chi connectivity index (χ0v) is 16.4. The second-order valence-electron chi connectivity index (χ2n) is 7.07. The third-order valence-corrected chi connectivity index (χ3v) is 4.65. The van der Waals surface area contributed by atoms with Gasteiger partial charge in [-0.1, -0.05) is 19.3 Å². The number of benzene rings is 1. The minimum atomic E-state index is -0.447. The summed E-state index contributed by atoms with van der Waals surface area (Å²) in [7, 11) is 0. The molecule has 0 saturated heterocycles. The lowest BCUT2D eigenvalue weighted by molar-refractivity contribution is -0.126. The fourth-order valence-corrected chi connectivity index (χ4v) is 3.10. The molecule has 0 aromatic heterocycles. The minimum Gasteiger partial charge on any atom is -0.349 e. The summed E-state index contributed by atoms with van der Waals surface area (Å²) in [6.45, 7) is 2.73. The summed E-state index contributed by atoms with van der Waals surface area (Å²) in [5, 5.41) is 10.6. The Morgan fingerprint density at radius 3 is 2.29 bits per heavy atom. The van der Waals surface area contributed by atoms with Crippen molar-refractivity contribution < 1.29 is 19.2 Å². The molecule has 4 N–H and O–H groups in total. The van der Waals surface area contributed by atoms with Crippen LogP contribution in [0.3, 0.4) is 0 Å². The Hall–Kier alpha value is -2.90. The lowest BCUT2D eigenvalue weighted by Crippen LogP contribution is -2.39. The normalized spacial score (nSPS) is 14.1. The highest BCUT2D eigenvalue weighted by molar-refractivity contribution is 5.98. The van der Waals surface area contributed by atoms with Gasteiger partial charge >= 0.3 is 0 Å². The summed E-state index contributed by atoms with van der Waals surface area (Å²) in [5.41, 5.74) is 1.90. The highest BCUT2D eigenvalue weighted by Crippen LogP contribution is 2.19. The van der Waals surface area contributed by atoms with Crippen LogP contribution in [0.4, 0.5) is 5.69 Å². The molecule has 1 aliphatic carbocycles. The molecular weight excluding hydrogens is 360 g/mol. The number of nitrogens with one attached hydrogen (secondary N) is 4. The molecule has 0 radical (unpaired) electrons. The number of rotatable bonds is 7. The Morgan fingerprint density at radius 2 is 1.64 bits per heavy atom. The van der Waals surface area contributed by atoms with Crippen molar-refractivity contribution >= 4 is 29.3 Å². The Balaban J connectivity index is 1.84. The number of aryl methyl sites for hydroxylation is 1. The molecule has 0 heterocycles. The molecule has 0 unspecified atom stereocenters. The lowest BCUT2D eigenvalue weighted by atomic mass is 9.95. The van der Waals surface area contributed by atoms with E-state index in [0.717, 1.165) is 31.2 Å². The van der Waals surface area contributed by atoms with Crippen LogP contribution in [0.5, 0.6) is 0 Å². The van der Waals surface area contributed by atoms with Crippen LogP contribution in [0.1, 0.15) is 54.9 Å². The summed E-state index contributed by atoms with van der Waals surface area (Å²) >= 11 is 0. The molecule has 1 saturated carbocycles. The molecule has 1 fully saturated rings.